The van der Waals surface area contributed by atoms with Crippen molar-refractivity contribution in [3.8, 4) is 5.75 Å². The van der Waals surface area contributed by atoms with Gasteiger partial charge in [0.25, 0.3) is 0 Å². The minimum atomic E-state index is -1.01. The third-order valence-corrected chi connectivity index (χ3v) is 5.73. The number of amides is 2. The Balaban J connectivity index is 0.000000166. The van der Waals surface area contributed by atoms with E-state index < -0.39 is 5.97 Å². The number of aromatic carboxylic acids is 1. The van der Waals surface area contributed by atoms with E-state index in [1.165, 1.54) is 0 Å². The van der Waals surface area contributed by atoms with Crippen LogP contribution in [-0.2, 0) is 22.4 Å². The number of thiophene rings is 1. The topological polar surface area (TPSA) is 152 Å². The number of carbonyl (C=O) groups excluding carboxylic acids is 2. The molecule has 0 spiro atoms. The fraction of sp³-hybridized carbons (Fsp3) is 0.211. The number of methoxy groups -OCH3 is 1. The van der Waals surface area contributed by atoms with Gasteiger partial charge in [-0.15, -0.1) is 11.3 Å². The molecule has 0 radical (unpaired) electrons. The highest BCUT2D eigenvalue weighted by molar-refractivity contribution is 7.14. The molecule has 5 N–H and O–H groups in total. The van der Waals surface area contributed by atoms with Crippen LogP contribution in [0.3, 0.4) is 0 Å². The SMILES string of the molecule is COc1ccc2c(c1)CC(=O)NC2=N.Cc1c(C(=O)O)sc2c1C(=N)NC(=O)C2. The van der Waals surface area contributed by atoms with Crippen molar-refractivity contribution in [1.29, 1.82) is 10.8 Å². The molecule has 2 amide bonds. The predicted octanol–water partition coefficient (Wildman–Crippen LogP) is 1.45. The fourth-order valence-electron chi connectivity index (χ4n) is 3.13. The van der Waals surface area contributed by atoms with Gasteiger partial charge in [0.2, 0.25) is 11.8 Å². The molecule has 29 heavy (non-hydrogen) atoms. The van der Waals surface area contributed by atoms with Gasteiger partial charge in [-0.3, -0.25) is 20.4 Å². The molecule has 2 aliphatic heterocycles. The molecule has 0 bridgehead atoms. The monoisotopic (exact) mass is 414 g/mol. The van der Waals surface area contributed by atoms with Gasteiger partial charge in [0.1, 0.15) is 22.3 Å². The van der Waals surface area contributed by atoms with Gasteiger partial charge in [-0.25, -0.2) is 4.79 Å². The van der Waals surface area contributed by atoms with E-state index in [4.69, 9.17) is 20.7 Å². The number of carboxylic acid groups (broad SMARTS) is 1. The Morgan fingerprint density at radius 3 is 2.45 bits per heavy atom. The van der Waals surface area contributed by atoms with E-state index in [-0.39, 0.29) is 34.8 Å². The van der Waals surface area contributed by atoms with Crippen molar-refractivity contribution < 1.29 is 24.2 Å². The smallest absolute Gasteiger partial charge is 0.346 e. The second-order valence-corrected chi connectivity index (χ2v) is 7.49. The Morgan fingerprint density at radius 1 is 1.14 bits per heavy atom. The highest BCUT2D eigenvalue weighted by Crippen LogP contribution is 2.30. The summed E-state index contributed by atoms with van der Waals surface area (Å²) in [6, 6.07) is 5.36. The standard InChI is InChI=1S/C10H10N2O2.C9H8N2O3S/c1-14-7-2-3-8-6(4-7)5-9(13)12-10(8)11;1-3-6-4(15-7(3)9(13)14)2-5(12)11-8(6)10/h2-4H,5H2,1H3,(H2,11,12,13);2H2,1H3,(H,13,14)(H2,10,11,12). The lowest BCUT2D eigenvalue weighted by Crippen LogP contribution is -2.37. The van der Waals surface area contributed by atoms with Crippen LogP contribution >= 0.6 is 11.3 Å². The summed E-state index contributed by atoms with van der Waals surface area (Å²) in [5.74, 6) is -0.527. The van der Waals surface area contributed by atoms with E-state index in [0.29, 0.717) is 28.2 Å². The number of hydrogen-bond acceptors (Lipinski definition) is 7. The summed E-state index contributed by atoms with van der Waals surface area (Å²) in [6.07, 6.45) is 0.478. The first kappa shape index (κ1) is 20.2. The third-order valence-electron chi connectivity index (χ3n) is 4.45. The maximum absolute atomic E-state index is 11.1. The van der Waals surface area contributed by atoms with Crippen LogP contribution in [0.2, 0.25) is 0 Å². The molecule has 3 heterocycles. The lowest BCUT2D eigenvalue weighted by atomic mass is 9.99. The molecule has 0 fully saturated rings. The zero-order chi connectivity index (χ0) is 21.3. The maximum Gasteiger partial charge on any atom is 0.346 e. The first-order valence-electron chi connectivity index (χ1n) is 8.51. The maximum atomic E-state index is 11.1. The van der Waals surface area contributed by atoms with E-state index in [9.17, 15) is 14.4 Å². The molecule has 1 aromatic carbocycles. The summed E-state index contributed by atoms with van der Waals surface area (Å²) < 4.78 is 5.05. The molecular weight excluding hydrogens is 396 g/mol. The van der Waals surface area contributed by atoms with E-state index >= 15 is 0 Å². The number of amidine groups is 2. The second-order valence-electron chi connectivity index (χ2n) is 6.38. The molecule has 9 nitrogen and oxygen atoms in total. The van der Waals surface area contributed by atoms with E-state index in [1.54, 1.807) is 32.2 Å². The van der Waals surface area contributed by atoms with Crippen LogP contribution in [0.5, 0.6) is 5.75 Å². The first-order valence-corrected chi connectivity index (χ1v) is 9.33. The van der Waals surface area contributed by atoms with Gasteiger partial charge in [0.15, 0.2) is 0 Å². The Bertz CT molecular complexity index is 1070. The van der Waals surface area contributed by atoms with E-state index in [0.717, 1.165) is 22.5 Å². The van der Waals surface area contributed by atoms with Gasteiger partial charge in [0, 0.05) is 16.0 Å². The Kier molecular flexibility index (Phi) is 5.46. The number of ether oxygens (including phenoxy) is 1. The van der Waals surface area contributed by atoms with Crippen LogP contribution in [-0.4, -0.2) is 41.7 Å². The number of benzene rings is 1. The molecule has 0 unspecified atom stereocenters. The summed E-state index contributed by atoms with van der Waals surface area (Å²) >= 11 is 1.08. The molecule has 2 aromatic rings. The van der Waals surface area contributed by atoms with Crippen molar-refractivity contribution in [1.82, 2.24) is 10.6 Å². The molecule has 0 saturated heterocycles. The Hall–Kier alpha value is -3.53. The van der Waals surface area contributed by atoms with Crippen molar-refractivity contribution in [2.45, 2.75) is 19.8 Å². The van der Waals surface area contributed by atoms with Crippen LogP contribution in [0.15, 0.2) is 18.2 Å². The number of hydrogen-bond donors (Lipinski definition) is 5. The van der Waals surface area contributed by atoms with Crippen molar-refractivity contribution in [3.05, 3.63) is 50.2 Å². The number of rotatable bonds is 2. The van der Waals surface area contributed by atoms with Crippen molar-refractivity contribution in [3.63, 3.8) is 0 Å². The van der Waals surface area contributed by atoms with Crippen LogP contribution in [0.1, 0.15) is 36.8 Å². The molecule has 0 atom stereocenters. The number of carbonyl (C=O) groups is 3. The quantitative estimate of drug-likeness (QED) is 0.503. The normalized spacial score (nSPS) is 14.7. The summed E-state index contributed by atoms with van der Waals surface area (Å²) in [6.45, 7) is 1.66. The highest BCUT2D eigenvalue weighted by Gasteiger charge is 2.27. The lowest BCUT2D eigenvalue weighted by Gasteiger charge is -2.17. The van der Waals surface area contributed by atoms with Crippen LogP contribution in [0.25, 0.3) is 0 Å². The fourth-order valence-corrected chi connectivity index (χ4v) is 4.28. The average Bonchev–Trinajstić information content (AvgIpc) is 2.98. The highest BCUT2D eigenvalue weighted by atomic mass is 32.1. The van der Waals surface area contributed by atoms with Gasteiger partial charge in [-0.1, -0.05) is 0 Å². The van der Waals surface area contributed by atoms with Crippen LogP contribution in [0, 0.1) is 17.7 Å². The molecule has 2 aliphatic rings. The molecule has 150 valence electrons. The molecule has 4 rings (SSSR count). The average molecular weight is 414 g/mol. The predicted molar refractivity (Wildman–Crippen MR) is 106 cm³/mol. The second kappa shape index (κ2) is 7.84. The summed E-state index contributed by atoms with van der Waals surface area (Å²) in [5.41, 5.74) is 2.74. The third kappa shape index (κ3) is 4.02. The molecular formula is C19H18N4O5S. The van der Waals surface area contributed by atoms with Gasteiger partial charge >= 0.3 is 5.97 Å². The zero-order valence-electron chi connectivity index (χ0n) is 15.6. The molecule has 0 aliphatic carbocycles. The van der Waals surface area contributed by atoms with Gasteiger partial charge < -0.3 is 20.5 Å². The van der Waals surface area contributed by atoms with Crippen molar-refractivity contribution in [2.75, 3.05) is 7.11 Å². The van der Waals surface area contributed by atoms with E-state index in [1.807, 2.05) is 0 Å². The first-order chi connectivity index (χ1) is 13.7. The minimum absolute atomic E-state index is 0.00231. The zero-order valence-corrected chi connectivity index (χ0v) is 16.5. The van der Waals surface area contributed by atoms with Crippen molar-refractivity contribution >= 4 is 40.8 Å². The number of carboxylic acids is 1. The Morgan fingerprint density at radius 2 is 1.79 bits per heavy atom. The number of fused-ring (bicyclic) bond motifs is 2. The van der Waals surface area contributed by atoms with Gasteiger partial charge in [-0.2, -0.15) is 0 Å². The van der Waals surface area contributed by atoms with Gasteiger partial charge in [-0.05, 0) is 36.2 Å². The van der Waals surface area contributed by atoms with E-state index in [2.05, 4.69) is 10.6 Å². The summed E-state index contributed by atoms with van der Waals surface area (Å²) in [7, 11) is 1.58. The van der Waals surface area contributed by atoms with Gasteiger partial charge in [0.05, 0.1) is 20.0 Å². The molecule has 1 aromatic heterocycles. The minimum Gasteiger partial charge on any atom is -0.497 e. The largest absolute Gasteiger partial charge is 0.497 e. The van der Waals surface area contributed by atoms with Crippen LogP contribution < -0.4 is 15.4 Å². The van der Waals surface area contributed by atoms with Crippen molar-refractivity contribution in [2.24, 2.45) is 0 Å². The summed E-state index contributed by atoms with van der Waals surface area (Å²) in [4.78, 5) is 34.0. The number of nitrogens with one attached hydrogen (secondary N) is 4. The molecule has 0 saturated carbocycles. The van der Waals surface area contributed by atoms with Crippen LogP contribution in [0.4, 0.5) is 0 Å². The Labute approximate surface area is 169 Å². The lowest BCUT2D eigenvalue weighted by molar-refractivity contribution is -0.120. The summed E-state index contributed by atoms with van der Waals surface area (Å²) in [5, 5.41) is 28.9. The molecule has 10 heteroatoms.